The number of nitrogens with one attached hydrogen (secondary N) is 2. The van der Waals surface area contributed by atoms with Gasteiger partial charge in [-0.15, -0.1) is 0 Å². The Kier molecular flexibility index (Phi) is 5.90. The van der Waals surface area contributed by atoms with E-state index >= 15 is 4.39 Å². The summed E-state index contributed by atoms with van der Waals surface area (Å²) in [5.74, 6) is -1.45. The van der Waals surface area contributed by atoms with Crippen LogP contribution in [0.4, 0.5) is 4.39 Å². The Morgan fingerprint density at radius 3 is 2.61 bits per heavy atom. The monoisotopic (exact) mass is 516 g/mol. The van der Waals surface area contributed by atoms with Crippen LogP contribution >= 0.6 is 0 Å². The first-order valence-electron chi connectivity index (χ1n) is 12.2. The summed E-state index contributed by atoms with van der Waals surface area (Å²) in [6, 6.07) is 7.67. The lowest BCUT2D eigenvalue weighted by Crippen LogP contribution is -2.43. The van der Waals surface area contributed by atoms with Crippen LogP contribution in [0.15, 0.2) is 55.1 Å². The number of fused-ring (bicyclic) bond motifs is 3. The fourth-order valence-corrected chi connectivity index (χ4v) is 5.22. The Bertz CT molecular complexity index is 1660. The number of pyridine rings is 2. The van der Waals surface area contributed by atoms with Gasteiger partial charge in [-0.2, -0.15) is 5.10 Å². The highest BCUT2D eigenvalue weighted by Gasteiger charge is 2.41. The number of hydrogen-bond acceptors (Lipinski definition) is 7. The molecule has 0 spiro atoms. The molecule has 0 bridgehead atoms. The maximum Gasteiger partial charge on any atom is 0.251 e. The van der Waals surface area contributed by atoms with Crippen LogP contribution in [0.5, 0.6) is 0 Å². The van der Waals surface area contributed by atoms with E-state index in [1.165, 1.54) is 0 Å². The van der Waals surface area contributed by atoms with E-state index in [9.17, 15) is 20.1 Å². The zero-order valence-corrected chi connectivity index (χ0v) is 20.3. The third-order valence-corrected chi connectivity index (χ3v) is 7.25. The average Bonchev–Trinajstić information content (AvgIpc) is 3.60. The van der Waals surface area contributed by atoms with Gasteiger partial charge in [-0.05, 0) is 30.2 Å². The quantitative estimate of drug-likeness (QED) is 0.240. The molecule has 0 radical (unpaired) electrons. The van der Waals surface area contributed by atoms with Crippen LogP contribution in [0.1, 0.15) is 16.8 Å². The van der Waals surface area contributed by atoms with Crippen LogP contribution < -0.4 is 5.32 Å². The van der Waals surface area contributed by atoms with Gasteiger partial charge in [0, 0.05) is 53.2 Å². The molecule has 0 aliphatic heterocycles. The van der Waals surface area contributed by atoms with Crippen LogP contribution in [0.25, 0.3) is 44.3 Å². The second-order valence-corrected chi connectivity index (χ2v) is 9.66. The predicted octanol–water partition coefficient (Wildman–Crippen LogP) is 2.15. The number of aliphatic hydroxyl groups is 3. The number of hydrogen-bond donors (Lipinski definition) is 5. The maximum absolute atomic E-state index is 15.3. The minimum absolute atomic E-state index is 0.263. The molecule has 10 nitrogen and oxygen atoms in total. The summed E-state index contributed by atoms with van der Waals surface area (Å²) in [5, 5.41) is 37.8. The van der Waals surface area contributed by atoms with E-state index in [1.54, 1.807) is 41.3 Å². The molecule has 194 valence electrons. The summed E-state index contributed by atoms with van der Waals surface area (Å²) in [7, 11) is 1.82. The van der Waals surface area contributed by atoms with Gasteiger partial charge >= 0.3 is 0 Å². The number of rotatable bonds is 5. The van der Waals surface area contributed by atoms with E-state index in [1.807, 2.05) is 19.3 Å². The fourth-order valence-electron chi connectivity index (χ4n) is 5.22. The maximum atomic E-state index is 15.3. The van der Waals surface area contributed by atoms with Crippen LogP contribution in [-0.2, 0) is 7.05 Å². The number of aliphatic hydroxyl groups excluding tert-OH is 3. The number of aryl methyl sites for hydroxylation is 1. The van der Waals surface area contributed by atoms with Crippen molar-refractivity contribution in [1.82, 2.24) is 30.0 Å². The molecule has 4 aromatic heterocycles. The summed E-state index contributed by atoms with van der Waals surface area (Å²) >= 11 is 0. The Morgan fingerprint density at radius 2 is 1.92 bits per heavy atom. The van der Waals surface area contributed by atoms with Crippen LogP contribution in [-0.4, -0.2) is 70.8 Å². The highest BCUT2D eigenvalue weighted by atomic mass is 19.1. The van der Waals surface area contributed by atoms with Crippen molar-refractivity contribution in [3.8, 4) is 22.4 Å². The molecule has 1 fully saturated rings. The van der Waals surface area contributed by atoms with Gasteiger partial charge in [0.1, 0.15) is 17.6 Å². The van der Waals surface area contributed by atoms with Gasteiger partial charge in [0.2, 0.25) is 0 Å². The fraction of sp³-hybridized carbons (Fsp3) is 0.259. The van der Waals surface area contributed by atoms with Crippen molar-refractivity contribution < 1.29 is 24.5 Å². The lowest BCUT2D eigenvalue weighted by atomic mass is 9.99. The van der Waals surface area contributed by atoms with Crippen LogP contribution in [0, 0.1) is 11.7 Å². The predicted molar refractivity (Wildman–Crippen MR) is 137 cm³/mol. The van der Waals surface area contributed by atoms with E-state index in [4.69, 9.17) is 0 Å². The Labute approximate surface area is 215 Å². The summed E-state index contributed by atoms with van der Waals surface area (Å²) in [5.41, 5.74) is 3.96. The molecule has 4 atom stereocenters. The van der Waals surface area contributed by atoms with Crippen molar-refractivity contribution in [2.75, 3.05) is 6.61 Å². The molecule has 6 rings (SSSR count). The molecule has 5 aromatic rings. The van der Waals surface area contributed by atoms with Gasteiger partial charge in [0.05, 0.1) is 41.9 Å². The van der Waals surface area contributed by atoms with E-state index in [0.717, 1.165) is 17.1 Å². The summed E-state index contributed by atoms with van der Waals surface area (Å²) in [6.45, 7) is -0.279. The molecule has 1 aromatic carbocycles. The van der Waals surface area contributed by atoms with Crippen molar-refractivity contribution in [2.24, 2.45) is 13.0 Å². The van der Waals surface area contributed by atoms with Crippen molar-refractivity contribution in [1.29, 1.82) is 0 Å². The first-order valence-corrected chi connectivity index (χ1v) is 12.2. The lowest BCUT2D eigenvalue weighted by molar-refractivity contribution is 0.000136. The van der Waals surface area contributed by atoms with Crippen molar-refractivity contribution in [2.45, 2.75) is 24.7 Å². The third kappa shape index (κ3) is 4.01. The standard InChI is InChI=1S/C27H25FN6O4/c1-34-11-16(8-31-34)19-7-17-21(10-29-19)32-26-23(17)22(18(28)9-30-26)13-2-4-14(5-3-13)27(38)33-20-6-15(12-35)24(36)25(20)37/h2-5,7-11,15,20,24-25,35-37H,6,12H2,1H3,(H,30,32)(H,33,38)/t15-,20-,24-,25+/m0/s1. The minimum Gasteiger partial charge on any atom is -0.396 e. The molecule has 1 aliphatic rings. The summed E-state index contributed by atoms with van der Waals surface area (Å²) < 4.78 is 16.9. The molecular formula is C27H25FN6O4. The molecule has 0 saturated heterocycles. The minimum atomic E-state index is -1.16. The first kappa shape index (κ1) is 24.2. The Balaban J connectivity index is 1.35. The molecule has 38 heavy (non-hydrogen) atoms. The van der Waals surface area contributed by atoms with Gasteiger partial charge in [0.25, 0.3) is 5.91 Å². The number of benzene rings is 1. The number of halogens is 1. The molecule has 1 aliphatic carbocycles. The van der Waals surface area contributed by atoms with Gasteiger partial charge in [-0.1, -0.05) is 12.1 Å². The molecule has 0 unspecified atom stereocenters. The normalized spacial score (nSPS) is 21.4. The molecule has 5 N–H and O–H groups in total. The second kappa shape index (κ2) is 9.28. The van der Waals surface area contributed by atoms with E-state index in [2.05, 4.69) is 25.4 Å². The zero-order chi connectivity index (χ0) is 26.6. The van der Waals surface area contributed by atoms with Gasteiger partial charge in [0.15, 0.2) is 0 Å². The van der Waals surface area contributed by atoms with Gasteiger partial charge < -0.3 is 25.6 Å². The van der Waals surface area contributed by atoms with E-state index < -0.39 is 35.9 Å². The number of H-pyrrole nitrogens is 1. The van der Waals surface area contributed by atoms with Crippen molar-refractivity contribution in [3.63, 3.8) is 0 Å². The van der Waals surface area contributed by atoms with E-state index in [0.29, 0.717) is 38.9 Å². The topological polar surface area (TPSA) is 149 Å². The number of aromatic amines is 1. The molecule has 11 heteroatoms. The van der Waals surface area contributed by atoms with Crippen molar-refractivity contribution >= 4 is 27.8 Å². The number of carbonyl (C=O) groups is 1. The first-order chi connectivity index (χ1) is 18.3. The van der Waals surface area contributed by atoms with Crippen LogP contribution in [0.3, 0.4) is 0 Å². The third-order valence-electron chi connectivity index (χ3n) is 7.25. The summed E-state index contributed by atoms with van der Waals surface area (Å²) in [6.07, 6.45) is 4.40. The largest absolute Gasteiger partial charge is 0.396 e. The number of aromatic nitrogens is 5. The molecular weight excluding hydrogens is 491 g/mol. The molecule has 4 heterocycles. The highest BCUT2D eigenvalue weighted by Crippen LogP contribution is 2.36. The average molecular weight is 517 g/mol. The number of amides is 1. The van der Waals surface area contributed by atoms with Gasteiger partial charge in [-0.3, -0.25) is 14.5 Å². The SMILES string of the molecule is Cn1cc(-c2cc3c(cn2)[nH]c2ncc(F)c(-c4ccc(C(=O)N[C@H]5C[C@@H](CO)[C@H](O)[C@@H]5O)cc4)c23)cn1. The Hall–Kier alpha value is -4.19. The number of carbonyl (C=O) groups excluding carboxylic acids is 1. The van der Waals surface area contributed by atoms with Crippen LogP contribution in [0.2, 0.25) is 0 Å². The van der Waals surface area contributed by atoms with Crippen molar-refractivity contribution in [3.05, 3.63) is 66.5 Å². The second-order valence-electron chi connectivity index (χ2n) is 9.66. The number of nitrogens with zero attached hydrogens (tertiary/aromatic N) is 4. The highest BCUT2D eigenvalue weighted by molar-refractivity contribution is 6.13. The molecule has 1 amide bonds. The molecule has 1 saturated carbocycles. The summed E-state index contributed by atoms with van der Waals surface area (Å²) in [4.78, 5) is 24.8. The zero-order valence-electron chi connectivity index (χ0n) is 20.3. The smallest absolute Gasteiger partial charge is 0.251 e. The lowest BCUT2D eigenvalue weighted by Gasteiger charge is -2.18. The Morgan fingerprint density at radius 1 is 1.13 bits per heavy atom. The van der Waals surface area contributed by atoms with Gasteiger partial charge in [-0.25, -0.2) is 9.37 Å². The van der Waals surface area contributed by atoms with E-state index in [-0.39, 0.29) is 13.0 Å².